The Balaban J connectivity index is 2.78. The summed E-state index contributed by atoms with van der Waals surface area (Å²) in [6.07, 6.45) is 1.42. The number of halogens is 1. The summed E-state index contributed by atoms with van der Waals surface area (Å²) in [6, 6.07) is 0. The molecule has 0 amide bonds. The van der Waals surface area contributed by atoms with E-state index in [-0.39, 0.29) is 6.61 Å². The zero-order chi connectivity index (χ0) is 5.54. The predicted molar refractivity (Wildman–Crippen MR) is 29.9 cm³/mol. The van der Waals surface area contributed by atoms with Gasteiger partial charge in [-0.05, 0) is 18.0 Å². The van der Waals surface area contributed by atoms with Crippen LogP contribution in [-0.4, -0.2) is 11.7 Å². The third kappa shape index (κ3) is 5.81. The van der Waals surface area contributed by atoms with Crippen molar-refractivity contribution in [3.05, 3.63) is 0 Å². The van der Waals surface area contributed by atoms with E-state index in [0.29, 0.717) is 6.42 Å². The lowest BCUT2D eigenvalue weighted by Crippen LogP contribution is -1.77. The normalized spacial score (nSPS) is 7.14. The van der Waals surface area contributed by atoms with Gasteiger partial charge >= 0.3 is 0 Å². The molecular formula is C5H7ClO. The van der Waals surface area contributed by atoms with Crippen LogP contribution in [0.2, 0.25) is 0 Å². The van der Waals surface area contributed by atoms with Crippen LogP contribution in [0.4, 0.5) is 0 Å². The highest BCUT2D eigenvalue weighted by atomic mass is 35.5. The van der Waals surface area contributed by atoms with E-state index < -0.39 is 0 Å². The molecule has 0 aliphatic carbocycles. The molecule has 0 unspecified atom stereocenters. The maximum atomic E-state index is 8.18. The molecule has 2 heteroatoms. The summed E-state index contributed by atoms with van der Waals surface area (Å²) >= 11 is 4.99. The van der Waals surface area contributed by atoms with Crippen LogP contribution in [0.3, 0.4) is 0 Å². The quantitative estimate of drug-likeness (QED) is 0.423. The fraction of sp³-hybridized carbons (Fsp3) is 0.600. The Kier molecular flexibility index (Phi) is 5.65. The van der Waals surface area contributed by atoms with E-state index in [0.717, 1.165) is 6.42 Å². The van der Waals surface area contributed by atoms with E-state index in [1.54, 1.807) is 0 Å². The number of unbranched alkanes of at least 4 members (excludes halogenated alkanes) is 1. The molecule has 0 aromatic carbocycles. The summed E-state index contributed by atoms with van der Waals surface area (Å²) in [5.41, 5.74) is 0. The monoisotopic (exact) mass is 118 g/mol. The Morgan fingerprint density at radius 2 is 2.29 bits per heavy atom. The molecule has 40 valence electrons. The second kappa shape index (κ2) is 5.81. The average Bonchev–Trinajstić information content (AvgIpc) is 1.69. The van der Waals surface area contributed by atoms with Gasteiger partial charge in [0.2, 0.25) is 0 Å². The first kappa shape index (κ1) is 6.81. The third-order valence-corrected chi connectivity index (χ3v) is 0.660. The van der Waals surface area contributed by atoms with Gasteiger partial charge in [0.1, 0.15) is 0 Å². The summed E-state index contributed by atoms with van der Waals surface area (Å²) in [6.45, 7) is 0.200. The van der Waals surface area contributed by atoms with Crippen molar-refractivity contribution in [3.8, 4) is 11.3 Å². The molecule has 1 nitrogen and oxygen atoms in total. The second-order valence-corrected chi connectivity index (χ2v) is 1.29. The number of rotatable bonds is 2. The number of hydrogen-bond donors (Lipinski definition) is 1. The zero-order valence-corrected chi connectivity index (χ0v) is 4.70. The van der Waals surface area contributed by atoms with Crippen molar-refractivity contribution < 1.29 is 5.11 Å². The van der Waals surface area contributed by atoms with Crippen LogP contribution < -0.4 is 0 Å². The zero-order valence-electron chi connectivity index (χ0n) is 3.95. The van der Waals surface area contributed by atoms with Gasteiger partial charge in [-0.2, -0.15) is 0 Å². The van der Waals surface area contributed by atoms with Crippen LogP contribution >= 0.6 is 11.6 Å². The molecule has 0 aromatic rings. The first-order valence-electron chi connectivity index (χ1n) is 2.11. The minimum Gasteiger partial charge on any atom is -0.396 e. The SMILES string of the molecule is OCCCC#CCl. The average molecular weight is 119 g/mol. The van der Waals surface area contributed by atoms with E-state index in [9.17, 15) is 0 Å². The third-order valence-electron chi connectivity index (χ3n) is 0.527. The molecule has 1 N–H and O–H groups in total. The molecule has 0 aliphatic heterocycles. The predicted octanol–water partition coefficient (Wildman–Crippen LogP) is 0.959. The van der Waals surface area contributed by atoms with Crippen LogP contribution in [-0.2, 0) is 0 Å². The van der Waals surface area contributed by atoms with Crippen molar-refractivity contribution in [1.29, 1.82) is 0 Å². The summed E-state index contributed by atoms with van der Waals surface area (Å²) < 4.78 is 0. The molecule has 0 spiro atoms. The van der Waals surface area contributed by atoms with Crippen LogP contribution in [0.25, 0.3) is 0 Å². The summed E-state index contributed by atoms with van der Waals surface area (Å²) in [5, 5.41) is 10.4. The van der Waals surface area contributed by atoms with Gasteiger partial charge in [-0.25, -0.2) is 0 Å². The molecule has 0 saturated carbocycles. The standard InChI is InChI=1S/C5H7ClO/c6-4-2-1-3-5-7/h7H,1,3,5H2. The maximum Gasteiger partial charge on any atom is 0.0440 e. The molecule has 0 rings (SSSR count). The first-order chi connectivity index (χ1) is 3.41. The van der Waals surface area contributed by atoms with E-state index >= 15 is 0 Å². The Hall–Kier alpha value is -0.190. The number of aliphatic hydroxyl groups excluding tert-OH is 1. The fourth-order valence-corrected chi connectivity index (χ4v) is 0.309. The lowest BCUT2D eigenvalue weighted by Gasteiger charge is -1.80. The molecular weight excluding hydrogens is 112 g/mol. The van der Waals surface area contributed by atoms with Gasteiger partial charge in [-0.3, -0.25) is 0 Å². The smallest absolute Gasteiger partial charge is 0.0440 e. The molecule has 0 aromatic heterocycles. The van der Waals surface area contributed by atoms with Crippen molar-refractivity contribution in [2.24, 2.45) is 0 Å². The molecule has 0 aliphatic rings. The molecule has 0 atom stereocenters. The van der Waals surface area contributed by atoms with E-state index in [2.05, 4.69) is 11.3 Å². The summed E-state index contributed by atoms with van der Waals surface area (Å²) in [5.74, 6) is 2.60. The van der Waals surface area contributed by atoms with E-state index in [4.69, 9.17) is 16.7 Å². The van der Waals surface area contributed by atoms with Crippen molar-refractivity contribution in [2.75, 3.05) is 6.61 Å². The van der Waals surface area contributed by atoms with Gasteiger partial charge in [0.15, 0.2) is 0 Å². The van der Waals surface area contributed by atoms with E-state index in [1.807, 2.05) is 0 Å². The highest BCUT2D eigenvalue weighted by Gasteiger charge is 1.74. The Morgan fingerprint density at radius 1 is 1.57 bits per heavy atom. The topological polar surface area (TPSA) is 20.2 Å². The van der Waals surface area contributed by atoms with Gasteiger partial charge in [0.05, 0.1) is 0 Å². The second-order valence-electron chi connectivity index (χ2n) is 1.10. The Bertz CT molecular complexity index is 79.8. The highest BCUT2D eigenvalue weighted by Crippen LogP contribution is 1.82. The molecule has 0 heterocycles. The molecule has 0 saturated heterocycles. The van der Waals surface area contributed by atoms with Crippen LogP contribution in [0.15, 0.2) is 0 Å². The molecule has 7 heavy (non-hydrogen) atoms. The van der Waals surface area contributed by atoms with E-state index in [1.165, 1.54) is 0 Å². The van der Waals surface area contributed by atoms with Gasteiger partial charge in [-0.15, -0.1) is 0 Å². The van der Waals surface area contributed by atoms with Gasteiger partial charge in [-0.1, -0.05) is 5.92 Å². The summed E-state index contributed by atoms with van der Waals surface area (Å²) in [4.78, 5) is 0. The van der Waals surface area contributed by atoms with Crippen molar-refractivity contribution in [1.82, 2.24) is 0 Å². The van der Waals surface area contributed by atoms with Crippen molar-refractivity contribution in [3.63, 3.8) is 0 Å². The first-order valence-corrected chi connectivity index (χ1v) is 2.49. The van der Waals surface area contributed by atoms with Gasteiger partial charge in [0, 0.05) is 18.4 Å². The van der Waals surface area contributed by atoms with Gasteiger partial charge < -0.3 is 5.11 Å². The number of aliphatic hydroxyl groups is 1. The minimum absolute atomic E-state index is 0.200. The summed E-state index contributed by atoms with van der Waals surface area (Å²) in [7, 11) is 0. The van der Waals surface area contributed by atoms with Gasteiger partial charge in [0.25, 0.3) is 0 Å². The maximum absolute atomic E-state index is 8.18. The Morgan fingerprint density at radius 3 is 2.71 bits per heavy atom. The molecule has 0 fully saturated rings. The minimum atomic E-state index is 0.200. The van der Waals surface area contributed by atoms with Crippen LogP contribution in [0.5, 0.6) is 0 Å². The Labute approximate surface area is 48.3 Å². The highest BCUT2D eigenvalue weighted by molar-refractivity contribution is 6.30. The fourth-order valence-electron chi connectivity index (χ4n) is 0.215. The number of hydrogen-bond acceptors (Lipinski definition) is 1. The molecule has 0 bridgehead atoms. The van der Waals surface area contributed by atoms with Crippen LogP contribution in [0, 0.1) is 11.3 Å². The van der Waals surface area contributed by atoms with Crippen molar-refractivity contribution in [2.45, 2.75) is 12.8 Å². The largest absolute Gasteiger partial charge is 0.396 e. The molecule has 0 radical (unpaired) electrons. The van der Waals surface area contributed by atoms with Crippen LogP contribution in [0.1, 0.15) is 12.8 Å². The van der Waals surface area contributed by atoms with Crippen molar-refractivity contribution >= 4 is 11.6 Å². The lowest BCUT2D eigenvalue weighted by molar-refractivity contribution is 0.290. The lowest BCUT2D eigenvalue weighted by atomic mass is 10.3.